The fourth-order valence-corrected chi connectivity index (χ4v) is 4.45. The second-order valence-electron chi connectivity index (χ2n) is 6.76. The molecule has 5 nitrogen and oxygen atoms in total. The number of rotatable bonds is 6. The minimum absolute atomic E-state index is 0.0853. The van der Waals surface area contributed by atoms with Crippen molar-refractivity contribution in [3.8, 4) is 5.75 Å². The van der Waals surface area contributed by atoms with E-state index >= 15 is 0 Å². The highest BCUT2D eigenvalue weighted by molar-refractivity contribution is 7.18. The van der Waals surface area contributed by atoms with Gasteiger partial charge in [0.15, 0.2) is 0 Å². The molecule has 0 atom stereocenters. The molecule has 0 fully saturated rings. The van der Waals surface area contributed by atoms with E-state index in [1.54, 1.807) is 13.1 Å². The van der Waals surface area contributed by atoms with Crippen LogP contribution in [0.15, 0.2) is 53.5 Å². The summed E-state index contributed by atoms with van der Waals surface area (Å²) < 4.78 is 5.18. The number of thiophene rings is 1. The van der Waals surface area contributed by atoms with Crippen molar-refractivity contribution in [2.45, 2.75) is 20.3 Å². The van der Waals surface area contributed by atoms with E-state index in [0.717, 1.165) is 28.9 Å². The number of hydrogen-bond donors (Lipinski definition) is 2. The lowest BCUT2D eigenvalue weighted by molar-refractivity contribution is 0.0525. The van der Waals surface area contributed by atoms with Gasteiger partial charge in [-0.2, -0.15) is 0 Å². The van der Waals surface area contributed by atoms with Crippen LogP contribution in [0, 0.1) is 0 Å². The number of carbonyl (C=O) groups is 1. The summed E-state index contributed by atoms with van der Waals surface area (Å²) in [6, 6.07) is 15.6. The van der Waals surface area contributed by atoms with Gasteiger partial charge < -0.3 is 15.2 Å². The summed E-state index contributed by atoms with van der Waals surface area (Å²) in [6.45, 7) is 4.08. The number of ether oxygens (including phenoxy) is 1. The molecule has 2 N–H and O–H groups in total. The molecule has 0 amide bonds. The number of anilines is 2. The van der Waals surface area contributed by atoms with Crippen LogP contribution in [0.4, 0.5) is 16.4 Å². The first-order valence-electron chi connectivity index (χ1n) is 9.85. The van der Waals surface area contributed by atoms with Crippen molar-refractivity contribution in [2.75, 3.05) is 11.9 Å². The van der Waals surface area contributed by atoms with Crippen LogP contribution in [0.2, 0.25) is 0 Å². The topological polar surface area (TPSA) is 70.9 Å². The maximum Gasteiger partial charge on any atom is 0.344 e. The lowest BCUT2D eigenvalue weighted by atomic mass is 10.0. The standard InChI is InChI=1S/C24H22N2O3S/c1-3-15-9-8-12-18-16(14-25-21(15)18)13-19-22(27)20(24(28)29-4-2)23(30-19)26-17-10-6-5-7-11-17/h5-14,26-27H,3-4H2,1-2H3/b16-13+. The first kappa shape index (κ1) is 19.9. The Morgan fingerprint density at radius 1 is 1.17 bits per heavy atom. The van der Waals surface area contributed by atoms with Gasteiger partial charge in [0.1, 0.15) is 16.3 Å². The van der Waals surface area contributed by atoms with E-state index in [0.29, 0.717) is 9.88 Å². The highest BCUT2D eigenvalue weighted by Crippen LogP contribution is 2.44. The summed E-state index contributed by atoms with van der Waals surface area (Å²) in [5.74, 6) is -0.638. The lowest BCUT2D eigenvalue weighted by Crippen LogP contribution is -2.06. The third kappa shape index (κ3) is 3.74. The third-order valence-electron chi connectivity index (χ3n) is 4.85. The number of nitrogens with zero attached hydrogens (tertiary/aromatic N) is 1. The van der Waals surface area contributed by atoms with Gasteiger partial charge in [-0.3, -0.25) is 4.99 Å². The Morgan fingerprint density at radius 2 is 1.97 bits per heavy atom. The predicted octanol–water partition coefficient (Wildman–Crippen LogP) is 6.19. The average Bonchev–Trinajstić information content (AvgIpc) is 3.30. The zero-order chi connectivity index (χ0) is 21.1. The van der Waals surface area contributed by atoms with Crippen LogP contribution >= 0.6 is 11.3 Å². The van der Waals surface area contributed by atoms with Gasteiger partial charge in [-0.1, -0.05) is 43.3 Å². The van der Waals surface area contributed by atoms with Crippen molar-refractivity contribution in [2.24, 2.45) is 4.99 Å². The normalized spacial score (nSPS) is 13.5. The SMILES string of the molecule is CCOC(=O)c1c(Nc2ccccc2)sc(/C=C2\C=Nc3c(CC)cccc32)c1O. The molecule has 2 aromatic carbocycles. The molecule has 0 saturated heterocycles. The van der Waals surface area contributed by atoms with E-state index < -0.39 is 5.97 Å². The summed E-state index contributed by atoms with van der Waals surface area (Å²) in [7, 11) is 0. The molecule has 1 aromatic heterocycles. The molecule has 6 heteroatoms. The van der Waals surface area contributed by atoms with Gasteiger partial charge in [0.2, 0.25) is 0 Å². The van der Waals surface area contributed by atoms with Crippen LogP contribution in [-0.4, -0.2) is 23.9 Å². The van der Waals surface area contributed by atoms with E-state index in [1.165, 1.54) is 16.9 Å². The Labute approximate surface area is 179 Å². The van der Waals surface area contributed by atoms with Crippen LogP contribution in [0.5, 0.6) is 5.75 Å². The number of aliphatic imine (C=N–C) groups is 1. The van der Waals surface area contributed by atoms with Crippen LogP contribution in [0.3, 0.4) is 0 Å². The molecule has 0 unspecified atom stereocenters. The lowest BCUT2D eigenvalue weighted by Gasteiger charge is -2.07. The number of esters is 1. The molecule has 0 saturated carbocycles. The van der Waals surface area contributed by atoms with Crippen molar-refractivity contribution in [1.82, 2.24) is 0 Å². The van der Waals surface area contributed by atoms with Gasteiger partial charge >= 0.3 is 5.97 Å². The number of para-hydroxylation sites is 2. The fourth-order valence-electron chi connectivity index (χ4n) is 3.39. The Hall–Kier alpha value is -3.38. The van der Waals surface area contributed by atoms with Gasteiger partial charge in [-0.15, -0.1) is 11.3 Å². The summed E-state index contributed by atoms with van der Waals surface area (Å²) in [5.41, 5.74) is 5.05. The number of aromatic hydroxyl groups is 1. The molecule has 152 valence electrons. The van der Waals surface area contributed by atoms with E-state index in [1.807, 2.05) is 48.5 Å². The highest BCUT2D eigenvalue weighted by atomic mass is 32.1. The molecule has 3 aromatic rings. The van der Waals surface area contributed by atoms with E-state index in [9.17, 15) is 9.90 Å². The summed E-state index contributed by atoms with van der Waals surface area (Å²) in [5, 5.41) is 14.6. The summed E-state index contributed by atoms with van der Waals surface area (Å²) >= 11 is 1.31. The van der Waals surface area contributed by atoms with Crippen molar-refractivity contribution in [3.05, 3.63) is 70.1 Å². The molecular weight excluding hydrogens is 396 g/mol. The van der Waals surface area contributed by atoms with Crippen LogP contribution in [0.25, 0.3) is 11.6 Å². The van der Waals surface area contributed by atoms with E-state index in [2.05, 4.69) is 23.3 Å². The summed E-state index contributed by atoms with van der Waals surface area (Å²) in [4.78, 5) is 17.7. The van der Waals surface area contributed by atoms with Crippen molar-refractivity contribution >= 4 is 51.5 Å². The van der Waals surface area contributed by atoms with Crippen LogP contribution in [0.1, 0.15) is 40.2 Å². The molecule has 0 spiro atoms. The minimum Gasteiger partial charge on any atom is -0.505 e. The number of carbonyl (C=O) groups excluding carboxylic acids is 1. The second-order valence-corrected chi connectivity index (χ2v) is 7.81. The zero-order valence-corrected chi connectivity index (χ0v) is 17.6. The van der Waals surface area contributed by atoms with Gasteiger partial charge in [0, 0.05) is 23.0 Å². The highest BCUT2D eigenvalue weighted by Gasteiger charge is 2.25. The molecule has 1 aliphatic rings. The van der Waals surface area contributed by atoms with Crippen LogP contribution in [-0.2, 0) is 11.2 Å². The largest absolute Gasteiger partial charge is 0.505 e. The maximum absolute atomic E-state index is 12.5. The van der Waals surface area contributed by atoms with Gasteiger partial charge in [-0.05, 0) is 37.1 Å². The van der Waals surface area contributed by atoms with Crippen molar-refractivity contribution < 1.29 is 14.6 Å². The molecular formula is C24H22N2O3S. The smallest absolute Gasteiger partial charge is 0.344 e. The third-order valence-corrected chi connectivity index (χ3v) is 5.89. The summed E-state index contributed by atoms with van der Waals surface area (Å²) in [6.07, 6.45) is 4.57. The Morgan fingerprint density at radius 3 is 2.70 bits per heavy atom. The fraction of sp³-hybridized carbons (Fsp3) is 0.167. The number of nitrogens with one attached hydrogen (secondary N) is 1. The Bertz CT molecular complexity index is 1150. The maximum atomic E-state index is 12.5. The first-order chi connectivity index (χ1) is 14.6. The predicted molar refractivity (Wildman–Crippen MR) is 124 cm³/mol. The number of aryl methyl sites for hydroxylation is 1. The number of hydrogen-bond acceptors (Lipinski definition) is 6. The number of fused-ring (bicyclic) bond motifs is 1. The molecule has 30 heavy (non-hydrogen) atoms. The number of benzene rings is 2. The monoisotopic (exact) mass is 418 g/mol. The van der Waals surface area contributed by atoms with E-state index in [-0.39, 0.29) is 17.9 Å². The first-order valence-corrected chi connectivity index (χ1v) is 10.7. The van der Waals surface area contributed by atoms with E-state index in [4.69, 9.17) is 4.74 Å². The molecule has 0 bridgehead atoms. The molecule has 0 radical (unpaired) electrons. The molecule has 0 aliphatic carbocycles. The molecule has 4 rings (SSSR count). The average molecular weight is 419 g/mol. The zero-order valence-electron chi connectivity index (χ0n) is 16.8. The van der Waals surface area contributed by atoms with Gasteiger partial charge in [0.25, 0.3) is 0 Å². The Kier molecular flexibility index (Phi) is 5.68. The van der Waals surface area contributed by atoms with Crippen LogP contribution < -0.4 is 5.32 Å². The van der Waals surface area contributed by atoms with Crippen molar-refractivity contribution in [1.29, 1.82) is 0 Å². The quantitative estimate of drug-likeness (QED) is 0.468. The van der Waals surface area contributed by atoms with Crippen molar-refractivity contribution in [3.63, 3.8) is 0 Å². The minimum atomic E-state index is -0.553. The second kappa shape index (κ2) is 8.55. The van der Waals surface area contributed by atoms with Gasteiger partial charge in [-0.25, -0.2) is 4.79 Å². The molecule has 1 aliphatic heterocycles. The number of allylic oxidation sites excluding steroid dienone is 1. The van der Waals surface area contributed by atoms with Gasteiger partial charge in [0.05, 0.1) is 17.2 Å². The molecule has 2 heterocycles. The Balaban J connectivity index is 1.77.